The standard InChI is InChI=1S/C14H23O5P.C12H13N3O2/c1-13(2,3)10-7-9(19-20(16,17)18)8-11(12(10)15)14(4,5)6;16-9-7-8(13-1-2-13)12(17)11(15-5-6-15)10(9)14-3-4-14/h7-8,15H,1-6H3,(H2,16,17,18);7H,1-6H2. The average molecular weight is 534 g/mol. The molecule has 3 heterocycles. The lowest BCUT2D eigenvalue weighted by Gasteiger charge is -2.28. The summed E-state index contributed by atoms with van der Waals surface area (Å²) < 4.78 is 15.7. The van der Waals surface area contributed by atoms with Gasteiger partial charge in [-0.2, -0.15) is 0 Å². The Balaban J connectivity index is 0.000000174. The first-order valence-electron chi connectivity index (χ1n) is 12.4. The maximum atomic E-state index is 12.4. The zero-order valence-electron chi connectivity index (χ0n) is 22.2. The van der Waals surface area contributed by atoms with Gasteiger partial charge in [-0.25, -0.2) is 4.57 Å². The minimum Gasteiger partial charge on any atom is -0.507 e. The Morgan fingerprint density at radius 2 is 1.22 bits per heavy atom. The van der Waals surface area contributed by atoms with Crippen molar-refractivity contribution in [2.75, 3.05) is 39.3 Å². The van der Waals surface area contributed by atoms with Crippen LogP contribution in [0.1, 0.15) is 52.7 Å². The number of phosphoric acid groups is 1. The summed E-state index contributed by atoms with van der Waals surface area (Å²) in [5, 5.41) is 10.4. The molecule has 0 unspecified atom stereocenters. The number of hydrogen-bond acceptors (Lipinski definition) is 8. The predicted molar refractivity (Wildman–Crippen MR) is 138 cm³/mol. The number of aromatic hydroxyl groups is 1. The summed E-state index contributed by atoms with van der Waals surface area (Å²) in [7, 11) is -4.63. The number of phenolic OH excluding ortho intramolecular Hbond substituents is 1. The van der Waals surface area contributed by atoms with Crippen molar-refractivity contribution in [3.05, 3.63) is 46.4 Å². The van der Waals surface area contributed by atoms with Crippen molar-refractivity contribution < 1.29 is 33.6 Å². The van der Waals surface area contributed by atoms with Gasteiger partial charge in [0.2, 0.25) is 11.6 Å². The van der Waals surface area contributed by atoms with E-state index in [0.29, 0.717) is 28.2 Å². The summed E-state index contributed by atoms with van der Waals surface area (Å²) in [4.78, 5) is 48.4. The number of allylic oxidation sites excluding steroid dienone is 1. The van der Waals surface area contributed by atoms with Gasteiger partial charge in [0.1, 0.15) is 22.9 Å². The van der Waals surface area contributed by atoms with Crippen molar-refractivity contribution in [2.24, 2.45) is 0 Å². The topological polar surface area (TPSA) is 130 Å². The van der Waals surface area contributed by atoms with Gasteiger partial charge in [-0.15, -0.1) is 0 Å². The minimum atomic E-state index is -4.63. The van der Waals surface area contributed by atoms with E-state index in [-0.39, 0.29) is 33.9 Å². The lowest BCUT2D eigenvalue weighted by molar-refractivity contribution is -0.117. The third kappa shape index (κ3) is 6.37. The summed E-state index contributed by atoms with van der Waals surface area (Å²) in [5.41, 5.74) is 2.32. The molecule has 11 heteroatoms. The zero-order chi connectivity index (χ0) is 27.5. The Hall–Kier alpha value is -2.81. The number of ketones is 2. The number of Topliss-reactive ketones (excluding diaryl/α,β-unsaturated/α-hetero) is 1. The Labute approximate surface area is 217 Å². The molecule has 3 saturated heterocycles. The first-order chi connectivity index (χ1) is 17.0. The molecule has 10 nitrogen and oxygen atoms in total. The van der Waals surface area contributed by atoms with Crippen LogP contribution in [0.3, 0.4) is 0 Å². The van der Waals surface area contributed by atoms with Crippen LogP contribution in [-0.2, 0) is 25.0 Å². The van der Waals surface area contributed by atoms with Crippen LogP contribution >= 0.6 is 7.82 Å². The third-order valence-corrected chi connectivity index (χ3v) is 6.86. The molecular weight excluding hydrogens is 497 g/mol. The Bertz CT molecular complexity index is 1200. The molecule has 1 aromatic carbocycles. The minimum absolute atomic E-state index is 0.00546. The number of rotatable bonds is 5. The van der Waals surface area contributed by atoms with Crippen molar-refractivity contribution in [1.82, 2.24) is 14.7 Å². The molecule has 0 saturated carbocycles. The van der Waals surface area contributed by atoms with Gasteiger partial charge in [-0.3, -0.25) is 19.4 Å². The highest BCUT2D eigenvalue weighted by atomic mass is 31.2. The molecule has 5 rings (SSSR count). The van der Waals surface area contributed by atoms with Crippen molar-refractivity contribution in [2.45, 2.75) is 52.4 Å². The fraction of sp³-hybridized carbons (Fsp3) is 0.538. The number of benzene rings is 1. The summed E-state index contributed by atoms with van der Waals surface area (Å²) in [5.74, 6) is 0.251. The van der Waals surface area contributed by atoms with Crippen molar-refractivity contribution in [3.63, 3.8) is 0 Å². The molecular formula is C26H36N3O7P. The number of phenols is 1. The number of nitrogens with zero attached hydrogens (tertiary/aromatic N) is 3. The molecule has 202 valence electrons. The van der Waals surface area contributed by atoms with E-state index in [4.69, 9.17) is 9.79 Å². The first-order valence-corrected chi connectivity index (χ1v) is 13.9. The van der Waals surface area contributed by atoms with Crippen LogP contribution in [0.5, 0.6) is 11.5 Å². The van der Waals surface area contributed by atoms with Crippen LogP contribution < -0.4 is 4.52 Å². The average Bonchev–Trinajstić information content (AvgIpc) is 3.59. The number of hydrogen-bond donors (Lipinski definition) is 3. The fourth-order valence-corrected chi connectivity index (χ4v) is 4.60. The molecule has 0 amide bonds. The summed E-state index contributed by atoms with van der Waals surface area (Å²) in [6.45, 7) is 16.9. The highest BCUT2D eigenvalue weighted by molar-refractivity contribution is 7.46. The van der Waals surface area contributed by atoms with Gasteiger partial charge in [0.15, 0.2) is 0 Å². The van der Waals surface area contributed by atoms with Gasteiger partial charge in [-0.05, 0) is 23.0 Å². The van der Waals surface area contributed by atoms with E-state index in [1.807, 2.05) is 56.2 Å². The molecule has 0 bridgehead atoms. The lowest BCUT2D eigenvalue weighted by atomic mass is 9.79. The van der Waals surface area contributed by atoms with Gasteiger partial charge in [0.05, 0.1) is 5.70 Å². The van der Waals surface area contributed by atoms with Crippen LogP contribution in [0.15, 0.2) is 35.3 Å². The molecule has 1 aliphatic carbocycles. The number of carbonyl (C=O) groups excluding carboxylic acids is 2. The normalized spacial score (nSPS) is 19.5. The molecule has 0 spiro atoms. The monoisotopic (exact) mass is 533 g/mol. The third-order valence-electron chi connectivity index (χ3n) is 6.41. The quantitative estimate of drug-likeness (QED) is 0.295. The van der Waals surface area contributed by atoms with Crippen LogP contribution in [0.25, 0.3) is 0 Å². The fourth-order valence-electron chi connectivity index (χ4n) is 4.22. The van der Waals surface area contributed by atoms with Gasteiger partial charge in [0, 0.05) is 56.5 Å². The highest BCUT2D eigenvalue weighted by Crippen LogP contribution is 2.45. The predicted octanol–water partition coefficient (Wildman–Crippen LogP) is 2.64. The molecule has 3 fully saturated rings. The zero-order valence-corrected chi connectivity index (χ0v) is 23.1. The molecule has 0 atom stereocenters. The van der Waals surface area contributed by atoms with E-state index in [0.717, 1.165) is 39.3 Å². The van der Waals surface area contributed by atoms with Crippen molar-refractivity contribution in [3.8, 4) is 11.5 Å². The second-order valence-electron chi connectivity index (χ2n) is 11.8. The van der Waals surface area contributed by atoms with Crippen LogP contribution in [0, 0.1) is 0 Å². The van der Waals surface area contributed by atoms with Crippen LogP contribution in [0.4, 0.5) is 0 Å². The molecule has 0 aromatic heterocycles. The van der Waals surface area contributed by atoms with Gasteiger partial charge < -0.3 is 24.3 Å². The van der Waals surface area contributed by atoms with E-state index in [1.54, 1.807) is 0 Å². The molecule has 3 N–H and O–H groups in total. The highest BCUT2D eigenvalue weighted by Gasteiger charge is 2.43. The number of carbonyl (C=O) groups is 2. The number of phosphoric ester groups is 1. The molecule has 37 heavy (non-hydrogen) atoms. The maximum absolute atomic E-state index is 12.4. The summed E-state index contributed by atoms with van der Waals surface area (Å²) >= 11 is 0. The molecule has 1 aromatic rings. The van der Waals surface area contributed by atoms with Crippen LogP contribution in [-0.4, -0.2) is 80.4 Å². The van der Waals surface area contributed by atoms with E-state index >= 15 is 0 Å². The maximum Gasteiger partial charge on any atom is 0.524 e. The van der Waals surface area contributed by atoms with E-state index in [2.05, 4.69) is 4.52 Å². The van der Waals surface area contributed by atoms with Crippen LogP contribution in [0.2, 0.25) is 0 Å². The first kappa shape index (κ1) is 27.2. The smallest absolute Gasteiger partial charge is 0.507 e. The van der Waals surface area contributed by atoms with E-state index < -0.39 is 7.82 Å². The van der Waals surface area contributed by atoms with Crippen molar-refractivity contribution in [1.29, 1.82) is 0 Å². The molecule has 3 aliphatic heterocycles. The Kier molecular flexibility index (Phi) is 6.76. The van der Waals surface area contributed by atoms with Gasteiger partial charge in [-0.1, -0.05) is 41.5 Å². The second kappa shape index (κ2) is 9.19. The summed E-state index contributed by atoms with van der Waals surface area (Å²) in [6, 6.07) is 2.95. The Morgan fingerprint density at radius 1 is 0.784 bits per heavy atom. The Morgan fingerprint density at radius 3 is 1.59 bits per heavy atom. The SMILES string of the molecule is CC(C)(C)c1cc(OP(=O)(O)O)cc(C(C)(C)C)c1O.O=C1C=C(N2CC2)C(=O)C(N2CC2)=C1N1CC1. The summed E-state index contributed by atoms with van der Waals surface area (Å²) in [6.07, 6.45) is 1.52. The van der Waals surface area contributed by atoms with Gasteiger partial charge >= 0.3 is 7.82 Å². The molecule has 0 radical (unpaired) electrons. The van der Waals surface area contributed by atoms with E-state index in [9.17, 15) is 19.3 Å². The van der Waals surface area contributed by atoms with Crippen molar-refractivity contribution >= 4 is 19.4 Å². The second-order valence-corrected chi connectivity index (χ2v) is 13.0. The lowest BCUT2D eigenvalue weighted by Crippen LogP contribution is -2.29. The molecule has 4 aliphatic rings. The van der Waals surface area contributed by atoms with Gasteiger partial charge in [0.25, 0.3) is 0 Å². The van der Waals surface area contributed by atoms with E-state index in [1.165, 1.54) is 18.2 Å². The largest absolute Gasteiger partial charge is 0.524 e.